The van der Waals surface area contributed by atoms with E-state index < -0.39 is 9.84 Å². The van der Waals surface area contributed by atoms with E-state index in [0.29, 0.717) is 24.9 Å². The molecule has 3 aliphatic heterocycles. The van der Waals surface area contributed by atoms with Gasteiger partial charge in [-0.2, -0.15) is 0 Å². The van der Waals surface area contributed by atoms with Crippen LogP contribution in [-0.4, -0.2) is 91.2 Å². The highest BCUT2D eigenvalue weighted by Gasteiger charge is 2.49. The number of nitrogens with zero attached hydrogens (tertiary/aromatic N) is 2. The molecule has 1 amide bonds. The monoisotopic (exact) mass is 636 g/mol. The van der Waals surface area contributed by atoms with Gasteiger partial charge in [0.2, 0.25) is 5.91 Å². The Hall–Kier alpha value is -2.53. The summed E-state index contributed by atoms with van der Waals surface area (Å²) in [6.45, 7) is 12.2. The average Bonchev–Trinajstić information content (AvgIpc) is 3.75. The van der Waals surface area contributed by atoms with Crippen LogP contribution >= 0.6 is 11.3 Å². The molecule has 2 N–H and O–H groups in total. The number of thiophene rings is 1. The smallest absolute Gasteiger partial charge is 0.223 e. The summed E-state index contributed by atoms with van der Waals surface area (Å²) < 4.78 is 24.0. The maximum atomic E-state index is 14.2. The third-order valence-corrected chi connectivity index (χ3v) is 13.8. The van der Waals surface area contributed by atoms with Gasteiger partial charge in [0.15, 0.2) is 15.6 Å². The van der Waals surface area contributed by atoms with Crippen LogP contribution in [0.15, 0.2) is 24.3 Å². The number of carbonyl (C=O) groups excluding carboxylic acids is 2. The molecule has 1 aromatic carbocycles. The Morgan fingerprint density at radius 2 is 1.75 bits per heavy atom. The molecule has 236 valence electrons. The van der Waals surface area contributed by atoms with Gasteiger partial charge in [-0.1, -0.05) is 31.0 Å². The summed E-state index contributed by atoms with van der Waals surface area (Å²) in [4.78, 5) is 37.1. The third-order valence-electron chi connectivity index (χ3n) is 10.7. The predicted molar refractivity (Wildman–Crippen MR) is 176 cm³/mol. The highest BCUT2D eigenvalue weighted by molar-refractivity contribution is 7.91. The Labute approximate surface area is 264 Å². The highest BCUT2D eigenvalue weighted by atomic mass is 32.2. The molecule has 3 aromatic rings. The number of fused-ring (bicyclic) bond motifs is 3. The van der Waals surface area contributed by atoms with Gasteiger partial charge in [0.05, 0.1) is 29.3 Å². The number of hydrogen-bond acceptors (Lipinski definition) is 7. The number of aromatic nitrogens is 1. The van der Waals surface area contributed by atoms with Gasteiger partial charge in [0.1, 0.15) is 4.83 Å². The number of hydrogen-bond donors (Lipinski definition) is 2. The normalized spacial score (nSPS) is 27.4. The molecule has 0 spiro atoms. The van der Waals surface area contributed by atoms with Crippen molar-refractivity contribution in [1.29, 1.82) is 0 Å². The number of piperazine rings is 1. The van der Waals surface area contributed by atoms with Crippen molar-refractivity contribution < 1.29 is 18.0 Å². The van der Waals surface area contributed by atoms with Crippen molar-refractivity contribution in [3.05, 3.63) is 45.8 Å². The van der Waals surface area contributed by atoms with Crippen LogP contribution in [0.25, 0.3) is 21.5 Å². The number of carbonyl (C=O) groups is 2. The van der Waals surface area contributed by atoms with Gasteiger partial charge >= 0.3 is 0 Å². The third kappa shape index (κ3) is 5.56. The largest absolute Gasteiger partial charge is 0.353 e. The molecule has 4 atom stereocenters. The van der Waals surface area contributed by atoms with Gasteiger partial charge in [0, 0.05) is 54.4 Å². The van der Waals surface area contributed by atoms with Gasteiger partial charge in [-0.25, -0.2) is 8.42 Å². The summed E-state index contributed by atoms with van der Waals surface area (Å²) in [7, 11) is -2.92. The van der Waals surface area contributed by atoms with E-state index in [9.17, 15) is 18.0 Å². The fraction of sp³-hybridized carbons (Fsp3) is 0.588. The number of amides is 1. The van der Waals surface area contributed by atoms with E-state index in [2.05, 4.69) is 72.1 Å². The predicted octanol–water partition coefficient (Wildman–Crippen LogP) is 4.69. The SMILES string of the molecule is Cc1cc(C)cc(-c2[nH]c3sc(C(C)(C)CC4C5CCC4C(=O)N5)cc3c2C(=O)CN2CCN(C3CCS(=O)(=O)C3)CC2)c1. The van der Waals surface area contributed by atoms with Crippen molar-refractivity contribution in [2.75, 3.05) is 44.2 Å². The first-order valence-corrected chi connectivity index (χ1v) is 18.8. The zero-order chi connectivity index (χ0) is 31.0. The number of benzene rings is 1. The molecular formula is C34H44N4O4S2. The van der Waals surface area contributed by atoms with Crippen LogP contribution in [0.1, 0.15) is 65.9 Å². The molecule has 3 saturated heterocycles. The minimum atomic E-state index is -2.92. The van der Waals surface area contributed by atoms with E-state index in [1.165, 1.54) is 4.88 Å². The van der Waals surface area contributed by atoms with Crippen LogP contribution in [0.4, 0.5) is 0 Å². The number of aryl methyl sites for hydroxylation is 2. The van der Waals surface area contributed by atoms with Gasteiger partial charge in [0.25, 0.3) is 0 Å². The fourth-order valence-electron chi connectivity index (χ4n) is 8.41. The molecule has 44 heavy (non-hydrogen) atoms. The van der Waals surface area contributed by atoms with E-state index in [1.54, 1.807) is 11.3 Å². The Morgan fingerprint density at radius 3 is 2.36 bits per heavy atom. The number of Topliss-reactive ketones (excluding diaryl/α,β-unsaturated/α-hetero) is 1. The number of ketones is 1. The second kappa shape index (κ2) is 11.1. The van der Waals surface area contributed by atoms with Crippen LogP contribution < -0.4 is 5.32 Å². The summed E-state index contributed by atoms with van der Waals surface area (Å²) in [6, 6.07) is 9.10. The van der Waals surface area contributed by atoms with Crippen molar-refractivity contribution in [2.24, 2.45) is 11.8 Å². The lowest BCUT2D eigenvalue weighted by atomic mass is 9.78. The molecular weight excluding hydrogens is 593 g/mol. The first-order valence-electron chi connectivity index (χ1n) is 16.1. The van der Waals surface area contributed by atoms with E-state index in [-0.39, 0.29) is 40.6 Å². The topological polar surface area (TPSA) is 103 Å². The molecule has 8 nitrogen and oxygen atoms in total. The Balaban J connectivity index is 1.15. The molecule has 1 saturated carbocycles. The Kier molecular flexibility index (Phi) is 7.58. The minimum Gasteiger partial charge on any atom is -0.353 e. The van der Waals surface area contributed by atoms with Crippen LogP contribution in [0.5, 0.6) is 0 Å². The van der Waals surface area contributed by atoms with Gasteiger partial charge in [-0.15, -0.1) is 11.3 Å². The molecule has 5 heterocycles. The molecule has 2 bridgehead atoms. The summed E-state index contributed by atoms with van der Waals surface area (Å²) in [6.07, 6.45) is 3.74. The van der Waals surface area contributed by atoms with Crippen LogP contribution in [-0.2, 0) is 20.0 Å². The standard InChI is InChI=1S/C34H44N4O4S2/c1-20-13-21(2)15-22(14-20)31-30(28(39)18-37-8-10-38(11-9-37)23-7-12-44(41,42)19-23)25-16-29(43-33(25)36-31)34(3,4)17-26-24-5-6-27(26)35-32(24)40/h13-16,23-24,26-27,36H,5-12,17-19H2,1-4H3,(H,35,40). The molecule has 1 aliphatic carbocycles. The second-order valence-electron chi connectivity index (χ2n) is 14.4. The van der Waals surface area contributed by atoms with Gasteiger partial charge < -0.3 is 10.3 Å². The Bertz CT molecular complexity index is 1710. The lowest BCUT2D eigenvalue weighted by Crippen LogP contribution is -2.51. The molecule has 2 aromatic heterocycles. The van der Waals surface area contributed by atoms with Gasteiger partial charge in [-0.05, 0) is 74.6 Å². The van der Waals surface area contributed by atoms with E-state index in [0.717, 1.165) is 83.6 Å². The molecule has 10 heteroatoms. The number of H-pyrrole nitrogens is 1. The first kappa shape index (κ1) is 30.1. The fourth-order valence-corrected chi connectivity index (χ4v) is 11.3. The molecule has 4 fully saturated rings. The number of rotatable bonds is 8. The number of piperidine rings is 1. The van der Waals surface area contributed by atoms with E-state index in [4.69, 9.17) is 0 Å². The summed E-state index contributed by atoms with van der Waals surface area (Å²) >= 11 is 1.74. The van der Waals surface area contributed by atoms with Crippen molar-refractivity contribution in [3.8, 4) is 11.3 Å². The maximum Gasteiger partial charge on any atom is 0.223 e. The minimum absolute atomic E-state index is 0.110. The maximum absolute atomic E-state index is 14.2. The van der Waals surface area contributed by atoms with Crippen LogP contribution in [0.2, 0.25) is 0 Å². The molecule has 4 aliphatic rings. The average molecular weight is 637 g/mol. The quantitative estimate of drug-likeness (QED) is 0.348. The lowest BCUT2D eigenvalue weighted by Gasteiger charge is -2.37. The summed E-state index contributed by atoms with van der Waals surface area (Å²) in [5, 5.41) is 4.19. The number of aromatic amines is 1. The van der Waals surface area contributed by atoms with Crippen LogP contribution in [0.3, 0.4) is 0 Å². The summed E-state index contributed by atoms with van der Waals surface area (Å²) in [5.41, 5.74) is 4.91. The van der Waals surface area contributed by atoms with Crippen molar-refractivity contribution in [1.82, 2.24) is 20.1 Å². The van der Waals surface area contributed by atoms with E-state index in [1.807, 2.05) is 0 Å². The van der Waals surface area contributed by atoms with Crippen molar-refractivity contribution in [3.63, 3.8) is 0 Å². The number of sulfone groups is 1. The lowest BCUT2D eigenvalue weighted by molar-refractivity contribution is -0.124. The van der Waals surface area contributed by atoms with E-state index >= 15 is 0 Å². The van der Waals surface area contributed by atoms with Crippen molar-refractivity contribution in [2.45, 2.75) is 70.9 Å². The molecule has 0 radical (unpaired) electrons. The second-order valence-corrected chi connectivity index (χ2v) is 17.7. The zero-order valence-electron chi connectivity index (χ0n) is 26.2. The Morgan fingerprint density at radius 1 is 1.02 bits per heavy atom. The zero-order valence-corrected chi connectivity index (χ0v) is 27.9. The summed E-state index contributed by atoms with van der Waals surface area (Å²) in [5.74, 6) is 1.40. The molecule has 4 unspecified atom stereocenters. The highest BCUT2D eigenvalue weighted by Crippen LogP contribution is 2.48. The van der Waals surface area contributed by atoms with Crippen LogP contribution in [0, 0.1) is 25.7 Å². The van der Waals surface area contributed by atoms with Gasteiger partial charge in [-0.3, -0.25) is 19.4 Å². The number of nitrogens with one attached hydrogen (secondary N) is 2. The first-order chi connectivity index (χ1) is 20.9. The molecule has 7 rings (SSSR count). The van der Waals surface area contributed by atoms with Crippen molar-refractivity contribution >= 4 is 43.1 Å².